The quantitative estimate of drug-likeness (QED) is 0.553. The minimum absolute atomic E-state index is 0.190. The monoisotopic (exact) mass is 448 g/mol. The van der Waals surface area contributed by atoms with Crippen LogP contribution in [0.25, 0.3) is 0 Å². The topological polar surface area (TPSA) is 91.3 Å². The molecular weight excluding hydrogens is 424 g/mol. The Labute approximate surface area is 191 Å². The van der Waals surface area contributed by atoms with Crippen molar-refractivity contribution in [2.75, 3.05) is 13.2 Å². The Balaban J connectivity index is 1.44. The molecule has 1 fully saturated rings. The van der Waals surface area contributed by atoms with Crippen LogP contribution in [0.1, 0.15) is 32.6 Å². The van der Waals surface area contributed by atoms with E-state index in [1.165, 1.54) is 0 Å². The Hall–Kier alpha value is -3.52. The summed E-state index contributed by atoms with van der Waals surface area (Å²) in [6, 6.07) is 26.3. The lowest BCUT2D eigenvalue weighted by Gasteiger charge is -2.39. The van der Waals surface area contributed by atoms with Crippen LogP contribution in [0.5, 0.6) is 0 Å². The summed E-state index contributed by atoms with van der Waals surface area (Å²) in [7, 11) is 0. The number of ether oxygens (including phenoxy) is 4. The molecule has 0 amide bonds. The van der Waals surface area contributed by atoms with Crippen LogP contribution in [-0.4, -0.2) is 48.6 Å². The van der Waals surface area contributed by atoms with Crippen LogP contribution >= 0.6 is 0 Å². The maximum absolute atomic E-state index is 12.3. The number of hydrogen-bond donors (Lipinski definition) is 1. The summed E-state index contributed by atoms with van der Waals surface area (Å²) in [5, 5.41) is 10.8. The zero-order chi connectivity index (χ0) is 23.0. The van der Waals surface area contributed by atoms with Gasteiger partial charge in [-0.1, -0.05) is 66.7 Å². The molecule has 0 spiro atoms. The van der Waals surface area contributed by atoms with Gasteiger partial charge in [-0.05, 0) is 24.3 Å². The van der Waals surface area contributed by atoms with E-state index in [1.807, 2.05) is 30.3 Å². The minimum Gasteiger partial charge on any atom is -0.459 e. The van der Waals surface area contributed by atoms with Gasteiger partial charge in [-0.15, -0.1) is 0 Å². The molecule has 0 saturated carbocycles. The highest BCUT2D eigenvalue weighted by Gasteiger charge is 2.40. The van der Waals surface area contributed by atoms with Gasteiger partial charge in [0.25, 0.3) is 0 Å². The number of benzene rings is 3. The van der Waals surface area contributed by atoms with Crippen molar-refractivity contribution in [3.8, 4) is 0 Å². The maximum atomic E-state index is 12.3. The van der Waals surface area contributed by atoms with Gasteiger partial charge in [0.05, 0.1) is 11.1 Å². The first-order valence-electron chi connectivity index (χ1n) is 10.6. The number of aliphatic hydroxyl groups is 1. The Bertz CT molecular complexity index is 975. The molecule has 7 nitrogen and oxygen atoms in total. The number of esters is 2. The summed E-state index contributed by atoms with van der Waals surface area (Å²) in [6.07, 6.45) is -3.76. The van der Waals surface area contributed by atoms with E-state index in [0.29, 0.717) is 11.1 Å². The summed E-state index contributed by atoms with van der Waals surface area (Å²) in [6.45, 7) is -0.380. The zero-order valence-electron chi connectivity index (χ0n) is 17.8. The highest BCUT2D eigenvalue weighted by atomic mass is 16.7. The predicted octanol–water partition coefficient (Wildman–Crippen LogP) is 3.54. The van der Waals surface area contributed by atoms with Crippen molar-refractivity contribution in [2.24, 2.45) is 0 Å². The number of carbonyl (C=O) groups excluding carboxylic acids is 2. The van der Waals surface area contributed by atoms with Gasteiger partial charge in [0, 0.05) is 5.56 Å². The van der Waals surface area contributed by atoms with E-state index < -0.39 is 36.5 Å². The fourth-order valence-corrected chi connectivity index (χ4v) is 3.42. The molecule has 0 bridgehead atoms. The molecule has 0 radical (unpaired) electrons. The molecule has 1 saturated heterocycles. The Morgan fingerprint density at radius 2 is 1.06 bits per heavy atom. The SMILES string of the molecule is O=C(OCC1OC(c2ccccc2)OC(COC(=O)c2ccccc2)C1O)c1ccccc1. The fourth-order valence-electron chi connectivity index (χ4n) is 3.42. The number of carbonyl (C=O) groups is 2. The van der Waals surface area contributed by atoms with Crippen molar-refractivity contribution in [1.82, 2.24) is 0 Å². The van der Waals surface area contributed by atoms with Crippen molar-refractivity contribution >= 4 is 11.9 Å². The number of aliphatic hydroxyl groups excluding tert-OH is 1. The lowest BCUT2D eigenvalue weighted by molar-refractivity contribution is -0.298. The third-order valence-corrected chi connectivity index (χ3v) is 5.21. The van der Waals surface area contributed by atoms with Gasteiger partial charge in [0.2, 0.25) is 0 Å². The molecule has 33 heavy (non-hydrogen) atoms. The first-order chi connectivity index (χ1) is 16.1. The molecule has 2 atom stereocenters. The summed E-state index contributed by atoms with van der Waals surface area (Å²) in [4.78, 5) is 24.7. The molecule has 3 aromatic carbocycles. The van der Waals surface area contributed by atoms with Gasteiger partial charge >= 0.3 is 11.9 Å². The molecule has 170 valence electrons. The highest BCUT2D eigenvalue weighted by molar-refractivity contribution is 5.89. The van der Waals surface area contributed by atoms with E-state index >= 15 is 0 Å². The van der Waals surface area contributed by atoms with Crippen LogP contribution in [0.4, 0.5) is 0 Å². The van der Waals surface area contributed by atoms with Crippen LogP contribution < -0.4 is 0 Å². The van der Waals surface area contributed by atoms with Crippen LogP contribution in [0.3, 0.4) is 0 Å². The van der Waals surface area contributed by atoms with Gasteiger partial charge in [0.15, 0.2) is 6.29 Å². The van der Waals surface area contributed by atoms with Gasteiger partial charge in [-0.3, -0.25) is 0 Å². The van der Waals surface area contributed by atoms with Crippen molar-refractivity contribution in [3.05, 3.63) is 108 Å². The van der Waals surface area contributed by atoms with Gasteiger partial charge in [-0.25, -0.2) is 9.59 Å². The smallest absolute Gasteiger partial charge is 0.338 e. The second kappa shape index (κ2) is 10.9. The molecule has 0 aromatic heterocycles. The lowest BCUT2D eigenvalue weighted by Crippen LogP contribution is -2.51. The van der Waals surface area contributed by atoms with Crippen LogP contribution in [0.2, 0.25) is 0 Å². The standard InChI is InChI=1S/C26H24O7/c27-23-21(16-30-24(28)18-10-4-1-5-11-18)32-26(20-14-8-3-9-15-20)33-22(23)17-31-25(29)19-12-6-2-7-13-19/h1-15,21-23,26-27H,16-17H2. The summed E-state index contributed by atoms with van der Waals surface area (Å²) >= 11 is 0. The van der Waals surface area contributed by atoms with Crippen molar-refractivity contribution in [3.63, 3.8) is 0 Å². The molecule has 3 aromatic rings. The molecule has 1 N–H and O–H groups in total. The number of hydrogen-bond acceptors (Lipinski definition) is 7. The van der Waals surface area contributed by atoms with Gasteiger partial charge < -0.3 is 24.1 Å². The molecule has 7 heteroatoms. The van der Waals surface area contributed by atoms with E-state index in [-0.39, 0.29) is 13.2 Å². The Morgan fingerprint density at radius 1 is 0.667 bits per heavy atom. The summed E-state index contributed by atoms with van der Waals surface area (Å²) < 4.78 is 22.6. The summed E-state index contributed by atoms with van der Waals surface area (Å²) in [5.74, 6) is -1.05. The second-order valence-corrected chi connectivity index (χ2v) is 7.51. The molecule has 1 heterocycles. The average Bonchev–Trinajstić information content (AvgIpc) is 2.88. The first-order valence-corrected chi connectivity index (χ1v) is 10.6. The molecular formula is C26H24O7. The predicted molar refractivity (Wildman–Crippen MR) is 118 cm³/mol. The lowest BCUT2D eigenvalue weighted by atomic mass is 10.1. The van der Waals surface area contributed by atoms with Gasteiger partial charge in [0.1, 0.15) is 31.5 Å². The van der Waals surface area contributed by atoms with Gasteiger partial charge in [-0.2, -0.15) is 0 Å². The largest absolute Gasteiger partial charge is 0.459 e. The van der Waals surface area contributed by atoms with E-state index in [9.17, 15) is 14.7 Å². The van der Waals surface area contributed by atoms with Crippen molar-refractivity contribution < 1.29 is 33.6 Å². The molecule has 0 aliphatic carbocycles. The third-order valence-electron chi connectivity index (χ3n) is 5.21. The van der Waals surface area contributed by atoms with Crippen LogP contribution in [-0.2, 0) is 18.9 Å². The molecule has 1 aliphatic rings. The van der Waals surface area contributed by atoms with Crippen LogP contribution in [0.15, 0.2) is 91.0 Å². The van der Waals surface area contributed by atoms with E-state index in [4.69, 9.17) is 18.9 Å². The maximum Gasteiger partial charge on any atom is 0.338 e. The average molecular weight is 448 g/mol. The second-order valence-electron chi connectivity index (χ2n) is 7.51. The summed E-state index contributed by atoms with van der Waals surface area (Å²) in [5.41, 5.74) is 1.52. The van der Waals surface area contributed by atoms with Crippen molar-refractivity contribution in [1.29, 1.82) is 0 Å². The number of rotatable bonds is 7. The molecule has 1 aliphatic heterocycles. The van der Waals surface area contributed by atoms with Crippen LogP contribution in [0, 0.1) is 0 Å². The Morgan fingerprint density at radius 3 is 1.48 bits per heavy atom. The van der Waals surface area contributed by atoms with E-state index in [2.05, 4.69) is 0 Å². The van der Waals surface area contributed by atoms with E-state index in [1.54, 1.807) is 60.7 Å². The molecule has 2 unspecified atom stereocenters. The first kappa shape index (κ1) is 22.7. The van der Waals surface area contributed by atoms with E-state index in [0.717, 1.165) is 5.56 Å². The third kappa shape index (κ3) is 5.84. The minimum atomic E-state index is -1.18. The molecule has 4 rings (SSSR count). The van der Waals surface area contributed by atoms with Crippen molar-refractivity contribution in [2.45, 2.75) is 24.6 Å². The zero-order valence-corrected chi connectivity index (χ0v) is 17.8. The highest BCUT2D eigenvalue weighted by Crippen LogP contribution is 2.30. The fraction of sp³-hybridized carbons (Fsp3) is 0.231. The normalized spacial score (nSPS) is 22.3. The Kier molecular flexibility index (Phi) is 7.47.